The molecule has 0 spiro atoms. The van der Waals surface area contributed by atoms with Gasteiger partial charge in [-0.25, -0.2) is 0 Å². The lowest BCUT2D eigenvalue weighted by atomic mass is 9.93. The van der Waals surface area contributed by atoms with Crippen LogP contribution in [0.25, 0.3) is 0 Å². The second-order valence-corrected chi connectivity index (χ2v) is 6.42. The van der Waals surface area contributed by atoms with Gasteiger partial charge in [0.2, 0.25) is 0 Å². The molecule has 1 aromatic rings. The molecule has 2 unspecified atom stereocenters. The molecule has 1 aromatic carbocycles. The monoisotopic (exact) mass is 356 g/mol. The minimum absolute atomic E-state index is 0.0615. The lowest BCUT2D eigenvalue weighted by Gasteiger charge is -2.40. The molecule has 0 aliphatic heterocycles. The van der Waals surface area contributed by atoms with Crippen LogP contribution in [0.2, 0.25) is 0 Å². The summed E-state index contributed by atoms with van der Waals surface area (Å²) >= 11 is 3.55. The fraction of sp³-hybridized carbons (Fsp3) is 0.647. The summed E-state index contributed by atoms with van der Waals surface area (Å²) in [4.78, 5) is 2.38. The average molecular weight is 357 g/mol. The van der Waals surface area contributed by atoms with Crippen LogP contribution in [0.3, 0.4) is 0 Å². The third kappa shape index (κ3) is 5.06. The van der Waals surface area contributed by atoms with E-state index in [0.29, 0.717) is 12.6 Å². The van der Waals surface area contributed by atoms with E-state index in [2.05, 4.69) is 59.8 Å². The molecule has 0 aliphatic carbocycles. The highest BCUT2D eigenvalue weighted by atomic mass is 79.9. The first-order chi connectivity index (χ1) is 10.1. The zero-order valence-electron chi connectivity index (χ0n) is 13.4. The van der Waals surface area contributed by atoms with Crippen LogP contribution in [-0.2, 0) is 0 Å². The zero-order valence-corrected chi connectivity index (χ0v) is 15.0. The lowest BCUT2D eigenvalue weighted by molar-refractivity contribution is 0.0813. The quantitative estimate of drug-likeness (QED) is 0.708. The average Bonchev–Trinajstić information content (AvgIpc) is 2.48. The standard InChI is InChI=1S/C17H29BrN2O/c1-4-15(5-2)20(10-11-21)17(16(19)6-3)13-8-7-9-14(18)12-13/h7-9,12,15-17,21H,4-6,10-11,19H2,1-3H3. The minimum atomic E-state index is 0.0615. The normalized spacial score (nSPS) is 14.7. The third-order valence-corrected chi connectivity index (χ3v) is 4.69. The Bertz CT molecular complexity index is 410. The summed E-state index contributed by atoms with van der Waals surface area (Å²) in [6, 6.07) is 9.02. The van der Waals surface area contributed by atoms with E-state index >= 15 is 0 Å². The predicted octanol–water partition coefficient (Wildman–Crippen LogP) is 3.71. The van der Waals surface area contributed by atoms with Crippen LogP contribution in [0, 0.1) is 0 Å². The van der Waals surface area contributed by atoms with E-state index in [-0.39, 0.29) is 18.7 Å². The molecular weight excluding hydrogens is 328 g/mol. The maximum absolute atomic E-state index is 9.49. The van der Waals surface area contributed by atoms with E-state index in [0.717, 1.165) is 23.7 Å². The van der Waals surface area contributed by atoms with Crippen LogP contribution in [-0.4, -0.2) is 35.2 Å². The van der Waals surface area contributed by atoms with Crippen molar-refractivity contribution in [3.63, 3.8) is 0 Å². The molecule has 0 fully saturated rings. The van der Waals surface area contributed by atoms with Gasteiger partial charge in [0, 0.05) is 23.1 Å². The van der Waals surface area contributed by atoms with E-state index in [9.17, 15) is 5.11 Å². The van der Waals surface area contributed by atoms with Gasteiger partial charge in [-0.2, -0.15) is 0 Å². The van der Waals surface area contributed by atoms with Crippen molar-refractivity contribution in [3.05, 3.63) is 34.3 Å². The number of nitrogens with zero attached hydrogens (tertiary/aromatic N) is 1. The van der Waals surface area contributed by atoms with Crippen LogP contribution >= 0.6 is 15.9 Å². The number of halogens is 1. The van der Waals surface area contributed by atoms with E-state index in [4.69, 9.17) is 5.73 Å². The molecule has 1 rings (SSSR count). The summed E-state index contributed by atoms with van der Waals surface area (Å²) in [5, 5.41) is 9.49. The summed E-state index contributed by atoms with van der Waals surface area (Å²) in [6.07, 6.45) is 3.05. The fourth-order valence-electron chi connectivity index (χ4n) is 3.02. The number of benzene rings is 1. The van der Waals surface area contributed by atoms with E-state index in [1.165, 1.54) is 5.56 Å². The van der Waals surface area contributed by atoms with Gasteiger partial charge in [0.05, 0.1) is 12.6 Å². The first-order valence-electron chi connectivity index (χ1n) is 7.96. The largest absolute Gasteiger partial charge is 0.395 e. The molecule has 0 saturated carbocycles. The van der Waals surface area contributed by atoms with Gasteiger partial charge in [0.1, 0.15) is 0 Å². The van der Waals surface area contributed by atoms with E-state index < -0.39 is 0 Å². The van der Waals surface area contributed by atoms with Crippen LogP contribution in [0.4, 0.5) is 0 Å². The zero-order chi connectivity index (χ0) is 15.8. The SMILES string of the molecule is CCC(N)C(c1cccc(Br)c1)N(CCO)C(CC)CC. The van der Waals surface area contributed by atoms with Crippen molar-refractivity contribution in [2.24, 2.45) is 5.73 Å². The van der Waals surface area contributed by atoms with Gasteiger partial charge in [-0.05, 0) is 37.0 Å². The number of aliphatic hydroxyl groups excluding tert-OH is 1. The molecule has 0 aliphatic rings. The molecule has 0 saturated heterocycles. The summed E-state index contributed by atoms with van der Waals surface area (Å²) in [6.45, 7) is 7.36. The van der Waals surface area contributed by atoms with Crippen molar-refractivity contribution in [2.45, 2.75) is 58.2 Å². The van der Waals surface area contributed by atoms with Gasteiger partial charge in [-0.15, -0.1) is 0 Å². The van der Waals surface area contributed by atoms with Crippen molar-refractivity contribution < 1.29 is 5.11 Å². The van der Waals surface area contributed by atoms with Gasteiger partial charge in [-0.3, -0.25) is 4.90 Å². The molecule has 0 aromatic heterocycles. The summed E-state index contributed by atoms with van der Waals surface area (Å²) in [7, 11) is 0. The number of aliphatic hydroxyl groups is 1. The van der Waals surface area contributed by atoms with E-state index in [1.807, 2.05) is 6.07 Å². The van der Waals surface area contributed by atoms with Gasteiger partial charge < -0.3 is 10.8 Å². The number of rotatable bonds is 9. The van der Waals surface area contributed by atoms with Crippen LogP contribution in [0.5, 0.6) is 0 Å². The Morgan fingerprint density at radius 2 is 1.86 bits per heavy atom. The van der Waals surface area contributed by atoms with Gasteiger partial charge in [0.15, 0.2) is 0 Å². The Morgan fingerprint density at radius 1 is 1.19 bits per heavy atom. The second-order valence-electron chi connectivity index (χ2n) is 5.50. The third-order valence-electron chi connectivity index (χ3n) is 4.19. The maximum atomic E-state index is 9.49. The van der Waals surface area contributed by atoms with Gasteiger partial charge in [-0.1, -0.05) is 48.8 Å². The number of hydrogen-bond donors (Lipinski definition) is 2. The van der Waals surface area contributed by atoms with Gasteiger partial charge >= 0.3 is 0 Å². The highest BCUT2D eigenvalue weighted by Gasteiger charge is 2.29. The van der Waals surface area contributed by atoms with Crippen molar-refractivity contribution in [2.75, 3.05) is 13.2 Å². The van der Waals surface area contributed by atoms with Crippen LogP contribution in [0.15, 0.2) is 28.7 Å². The van der Waals surface area contributed by atoms with Crippen molar-refractivity contribution in [1.82, 2.24) is 4.90 Å². The van der Waals surface area contributed by atoms with Crippen LogP contribution in [0.1, 0.15) is 51.6 Å². The molecule has 21 heavy (non-hydrogen) atoms. The Balaban J connectivity index is 3.19. The molecule has 120 valence electrons. The van der Waals surface area contributed by atoms with Gasteiger partial charge in [0.25, 0.3) is 0 Å². The molecule has 4 heteroatoms. The van der Waals surface area contributed by atoms with Crippen molar-refractivity contribution in [3.8, 4) is 0 Å². The van der Waals surface area contributed by atoms with E-state index in [1.54, 1.807) is 0 Å². The molecule has 0 bridgehead atoms. The summed E-state index contributed by atoms with van der Waals surface area (Å²) in [5.74, 6) is 0. The molecule has 0 heterocycles. The molecule has 3 N–H and O–H groups in total. The van der Waals surface area contributed by atoms with Crippen LogP contribution < -0.4 is 5.73 Å². The first-order valence-corrected chi connectivity index (χ1v) is 8.75. The molecule has 0 radical (unpaired) electrons. The Hall–Kier alpha value is -0.420. The maximum Gasteiger partial charge on any atom is 0.0558 e. The molecular formula is C17H29BrN2O. The predicted molar refractivity (Wildman–Crippen MR) is 93.3 cm³/mol. The molecule has 0 amide bonds. The Morgan fingerprint density at radius 3 is 2.33 bits per heavy atom. The molecule has 3 nitrogen and oxygen atoms in total. The molecule has 2 atom stereocenters. The summed E-state index contributed by atoms with van der Waals surface area (Å²) < 4.78 is 1.07. The fourth-order valence-corrected chi connectivity index (χ4v) is 3.44. The lowest BCUT2D eigenvalue weighted by Crippen LogP contribution is -2.47. The topological polar surface area (TPSA) is 49.5 Å². The van der Waals surface area contributed by atoms with Crippen molar-refractivity contribution in [1.29, 1.82) is 0 Å². The van der Waals surface area contributed by atoms with Crippen molar-refractivity contribution >= 4 is 15.9 Å². The highest BCUT2D eigenvalue weighted by Crippen LogP contribution is 2.30. The number of nitrogens with two attached hydrogens (primary N) is 1. The second kappa shape index (κ2) is 9.57. The highest BCUT2D eigenvalue weighted by molar-refractivity contribution is 9.10. The Kier molecular flexibility index (Phi) is 8.49. The minimum Gasteiger partial charge on any atom is -0.395 e. The number of hydrogen-bond acceptors (Lipinski definition) is 3. The Labute approximate surface area is 137 Å². The summed E-state index contributed by atoms with van der Waals surface area (Å²) in [5.41, 5.74) is 7.66. The first kappa shape index (κ1) is 18.6. The smallest absolute Gasteiger partial charge is 0.0558 e.